The number of nitrogens with zero attached hydrogens (tertiary/aromatic N) is 1. The third-order valence-corrected chi connectivity index (χ3v) is 4.25. The van der Waals surface area contributed by atoms with E-state index >= 15 is 0 Å². The average Bonchev–Trinajstić information content (AvgIpc) is 2.46. The Labute approximate surface area is 149 Å². The molecule has 1 unspecified atom stereocenters. The van der Waals surface area contributed by atoms with Crippen LogP contribution in [-0.4, -0.2) is 21.1 Å². The Bertz CT molecular complexity index is 857. The molecule has 6 nitrogen and oxygen atoms in total. The number of nitrogens with two attached hydrogens (primary N) is 1. The zero-order chi connectivity index (χ0) is 18.8. The molecule has 0 spiro atoms. The lowest BCUT2D eigenvalue weighted by atomic mass is 10.2. The lowest BCUT2D eigenvalue weighted by Gasteiger charge is -2.14. The summed E-state index contributed by atoms with van der Waals surface area (Å²) in [5.74, 6) is -0.586. The van der Waals surface area contributed by atoms with Crippen molar-refractivity contribution in [1.82, 2.24) is 9.97 Å². The predicted molar refractivity (Wildman–Crippen MR) is 89.7 cm³/mol. The van der Waals surface area contributed by atoms with Crippen LogP contribution in [0.25, 0.3) is 0 Å². The molecule has 4 N–H and O–H groups in total. The summed E-state index contributed by atoms with van der Waals surface area (Å²) in [5.41, 5.74) is 3.87. The number of aromatic amines is 1. The number of anilines is 2. The lowest BCUT2D eigenvalue weighted by Crippen LogP contribution is -2.23. The topological polar surface area (TPSA) is 101 Å². The molecule has 0 saturated heterocycles. The van der Waals surface area contributed by atoms with Crippen LogP contribution in [-0.2, 0) is 11.0 Å². The van der Waals surface area contributed by atoms with Crippen molar-refractivity contribution in [1.29, 1.82) is 0 Å². The van der Waals surface area contributed by atoms with E-state index in [4.69, 9.17) is 17.3 Å². The number of aromatic nitrogens is 2. The van der Waals surface area contributed by atoms with E-state index in [0.717, 1.165) is 30.0 Å². The molecular weight excluding hydrogens is 381 g/mol. The Morgan fingerprint density at radius 2 is 2.08 bits per heavy atom. The average molecular weight is 393 g/mol. The van der Waals surface area contributed by atoms with Crippen LogP contribution in [0.2, 0.25) is 5.02 Å². The van der Waals surface area contributed by atoms with Crippen LogP contribution < -0.4 is 16.6 Å². The fraction of sp³-hybridized carbons (Fsp3) is 0.214. The molecule has 25 heavy (non-hydrogen) atoms. The molecule has 1 atom stereocenters. The van der Waals surface area contributed by atoms with Gasteiger partial charge in [-0.05, 0) is 25.1 Å². The summed E-state index contributed by atoms with van der Waals surface area (Å²) in [7, 11) is 0. The Hall–Kier alpha value is -2.20. The second-order valence-corrected chi connectivity index (χ2v) is 6.65. The summed E-state index contributed by atoms with van der Waals surface area (Å²) in [6.07, 6.45) is -4.64. The fourth-order valence-electron chi connectivity index (χ4n) is 1.79. The van der Waals surface area contributed by atoms with Gasteiger partial charge in [-0.15, -0.1) is 0 Å². The van der Waals surface area contributed by atoms with Crippen LogP contribution in [0.15, 0.2) is 34.2 Å². The molecule has 1 heterocycles. The lowest BCUT2D eigenvalue weighted by molar-refractivity contribution is -0.137. The van der Waals surface area contributed by atoms with Crippen LogP contribution in [0.4, 0.5) is 24.7 Å². The molecule has 0 aliphatic heterocycles. The maximum atomic E-state index is 12.8. The highest BCUT2D eigenvalue weighted by Gasteiger charge is 2.33. The first-order valence-corrected chi connectivity index (χ1v) is 8.03. The van der Waals surface area contributed by atoms with Gasteiger partial charge in [-0.2, -0.15) is 13.2 Å². The summed E-state index contributed by atoms with van der Waals surface area (Å²) < 4.78 is 38.5. The summed E-state index contributed by atoms with van der Waals surface area (Å²) in [6, 6.07) is 4.14. The Balaban J connectivity index is 2.12. The summed E-state index contributed by atoms with van der Waals surface area (Å²) in [5, 5.41) is 1.27. The second-order valence-electron chi connectivity index (χ2n) is 4.92. The van der Waals surface area contributed by atoms with Crippen LogP contribution >= 0.6 is 23.4 Å². The van der Waals surface area contributed by atoms with Gasteiger partial charge in [0.15, 0.2) is 5.16 Å². The van der Waals surface area contributed by atoms with E-state index in [0.29, 0.717) is 0 Å². The molecule has 0 fully saturated rings. The summed E-state index contributed by atoms with van der Waals surface area (Å²) in [6.45, 7) is 1.50. The number of carbonyl (C=O) groups is 1. The number of hydrogen-bond acceptors (Lipinski definition) is 5. The molecule has 0 bridgehead atoms. The van der Waals surface area contributed by atoms with Gasteiger partial charge >= 0.3 is 6.18 Å². The van der Waals surface area contributed by atoms with E-state index in [2.05, 4.69) is 15.3 Å². The van der Waals surface area contributed by atoms with E-state index in [1.54, 1.807) is 0 Å². The summed E-state index contributed by atoms with van der Waals surface area (Å²) >= 11 is 6.43. The van der Waals surface area contributed by atoms with Gasteiger partial charge in [-0.25, -0.2) is 4.98 Å². The Morgan fingerprint density at radius 1 is 1.40 bits per heavy atom. The molecule has 2 rings (SSSR count). The van der Waals surface area contributed by atoms with Crippen LogP contribution in [0, 0.1) is 0 Å². The maximum Gasteiger partial charge on any atom is 0.417 e. The zero-order valence-electron chi connectivity index (χ0n) is 12.6. The molecule has 0 aliphatic carbocycles. The molecular formula is C14H12ClF3N4O2S. The predicted octanol–water partition coefficient (Wildman–Crippen LogP) is 3.14. The fourth-order valence-corrected chi connectivity index (χ4v) is 2.84. The number of nitrogens with one attached hydrogen (secondary N) is 2. The van der Waals surface area contributed by atoms with E-state index in [1.165, 1.54) is 13.0 Å². The van der Waals surface area contributed by atoms with Crippen molar-refractivity contribution >= 4 is 40.8 Å². The smallest absolute Gasteiger partial charge is 0.383 e. The van der Waals surface area contributed by atoms with E-state index in [1.807, 2.05) is 0 Å². The first kappa shape index (κ1) is 19.1. The number of benzene rings is 1. The molecule has 1 aromatic carbocycles. The van der Waals surface area contributed by atoms with E-state index < -0.39 is 33.5 Å². The van der Waals surface area contributed by atoms with Gasteiger partial charge in [0.2, 0.25) is 5.91 Å². The molecule has 1 aromatic heterocycles. The van der Waals surface area contributed by atoms with Crippen molar-refractivity contribution in [3.8, 4) is 0 Å². The van der Waals surface area contributed by atoms with Crippen LogP contribution in [0.1, 0.15) is 12.5 Å². The van der Waals surface area contributed by atoms with Gasteiger partial charge in [0, 0.05) is 11.8 Å². The minimum absolute atomic E-state index is 0.00798. The van der Waals surface area contributed by atoms with Gasteiger partial charge in [0.25, 0.3) is 5.56 Å². The van der Waals surface area contributed by atoms with E-state index in [-0.39, 0.29) is 16.7 Å². The molecule has 2 aromatic rings. The van der Waals surface area contributed by atoms with E-state index in [9.17, 15) is 22.8 Å². The minimum atomic E-state index is -4.64. The Kier molecular flexibility index (Phi) is 5.63. The Morgan fingerprint density at radius 3 is 2.68 bits per heavy atom. The standard InChI is InChI=1S/C14H12ClF3N4O2S/c1-6(25-13-21-10(19)5-11(23)22-13)12(24)20-7-2-3-9(15)8(4-7)14(16,17)18/h2-6H,1H3,(H,20,24)(H3,19,21,22,23). The molecule has 0 radical (unpaired) electrons. The van der Waals surface area contributed by atoms with Gasteiger partial charge in [0.1, 0.15) is 5.82 Å². The van der Waals surface area contributed by atoms with Gasteiger partial charge < -0.3 is 16.0 Å². The number of hydrogen-bond donors (Lipinski definition) is 3. The first-order chi connectivity index (χ1) is 11.6. The molecule has 0 saturated carbocycles. The number of alkyl halides is 3. The third kappa shape index (κ3) is 5.13. The first-order valence-electron chi connectivity index (χ1n) is 6.77. The van der Waals surface area contributed by atoms with Crippen molar-refractivity contribution in [3.05, 3.63) is 45.2 Å². The largest absolute Gasteiger partial charge is 0.417 e. The quantitative estimate of drug-likeness (QED) is 0.548. The molecule has 1 amide bonds. The number of amides is 1. The molecule has 134 valence electrons. The number of H-pyrrole nitrogens is 1. The number of nitrogen functional groups attached to an aromatic ring is 1. The highest BCUT2D eigenvalue weighted by Crippen LogP contribution is 2.36. The highest BCUT2D eigenvalue weighted by molar-refractivity contribution is 8.00. The van der Waals surface area contributed by atoms with Gasteiger partial charge in [-0.3, -0.25) is 9.59 Å². The van der Waals surface area contributed by atoms with Gasteiger partial charge in [0.05, 0.1) is 15.8 Å². The van der Waals surface area contributed by atoms with Crippen LogP contribution in [0.5, 0.6) is 0 Å². The third-order valence-electron chi connectivity index (χ3n) is 2.94. The molecule has 11 heteroatoms. The molecule has 0 aliphatic rings. The minimum Gasteiger partial charge on any atom is -0.383 e. The SMILES string of the molecule is CC(Sc1nc(N)cc(=O)[nH]1)C(=O)Nc1ccc(Cl)c(C(F)(F)F)c1. The summed E-state index contributed by atoms with van der Waals surface area (Å²) in [4.78, 5) is 29.7. The maximum absolute atomic E-state index is 12.8. The number of thioether (sulfide) groups is 1. The van der Waals surface area contributed by atoms with Crippen molar-refractivity contribution in [3.63, 3.8) is 0 Å². The monoisotopic (exact) mass is 392 g/mol. The second kappa shape index (κ2) is 7.36. The van der Waals surface area contributed by atoms with Crippen molar-refractivity contribution in [2.24, 2.45) is 0 Å². The number of carbonyl (C=O) groups excluding carboxylic acids is 1. The van der Waals surface area contributed by atoms with Crippen LogP contribution in [0.3, 0.4) is 0 Å². The zero-order valence-corrected chi connectivity index (χ0v) is 14.2. The van der Waals surface area contributed by atoms with Crippen molar-refractivity contribution in [2.45, 2.75) is 23.5 Å². The number of rotatable bonds is 4. The van der Waals surface area contributed by atoms with Gasteiger partial charge in [-0.1, -0.05) is 23.4 Å². The van der Waals surface area contributed by atoms with Crippen molar-refractivity contribution in [2.75, 3.05) is 11.1 Å². The van der Waals surface area contributed by atoms with Crippen molar-refractivity contribution < 1.29 is 18.0 Å². The number of halogens is 4. The normalized spacial score (nSPS) is 12.7. The highest BCUT2D eigenvalue weighted by atomic mass is 35.5.